The Kier molecular flexibility index (Phi) is 10.5. The Morgan fingerprint density at radius 3 is 2.19 bits per heavy atom. The first kappa shape index (κ1) is 26.2. The Hall–Kier alpha value is -2.09. The van der Waals surface area contributed by atoms with Gasteiger partial charge in [-0.3, -0.25) is 4.90 Å². The van der Waals surface area contributed by atoms with E-state index in [0.717, 1.165) is 36.4 Å². The van der Waals surface area contributed by atoms with Gasteiger partial charge in [-0.1, -0.05) is 19.1 Å². The van der Waals surface area contributed by atoms with Crippen molar-refractivity contribution in [3.05, 3.63) is 59.7 Å². The molecule has 0 saturated heterocycles. The van der Waals surface area contributed by atoms with Crippen LogP contribution in [-0.4, -0.2) is 55.3 Å². The summed E-state index contributed by atoms with van der Waals surface area (Å²) < 4.78 is 13.4. The highest BCUT2D eigenvalue weighted by atomic mass is 32.4. The topological polar surface area (TPSA) is 89.3 Å². The van der Waals surface area contributed by atoms with Crippen molar-refractivity contribution in [1.82, 2.24) is 9.68 Å². The van der Waals surface area contributed by atoms with Crippen molar-refractivity contribution < 1.29 is 9.47 Å². The van der Waals surface area contributed by atoms with Crippen molar-refractivity contribution in [2.45, 2.75) is 32.0 Å². The van der Waals surface area contributed by atoms with Gasteiger partial charge in [-0.15, -0.1) is 9.88 Å². The van der Waals surface area contributed by atoms with Crippen LogP contribution in [-0.2, 0) is 18.2 Å². The second-order valence-corrected chi connectivity index (χ2v) is 10.7. The molecule has 0 aromatic heterocycles. The second kappa shape index (κ2) is 12.8. The summed E-state index contributed by atoms with van der Waals surface area (Å²) in [5.74, 6) is 1.62. The summed E-state index contributed by atoms with van der Waals surface area (Å²) in [4.78, 5) is 1.99. The highest BCUT2D eigenvalue weighted by molar-refractivity contribution is 8.04. The van der Waals surface area contributed by atoms with Crippen LogP contribution in [0.15, 0.2) is 53.6 Å². The van der Waals surface area contributed by atoms with Gasteiger partial charge in [0, 0.05) is 33.2 Å². The number of hydrogen-bond acceptors (Lipinski definition) is 7. The molecule has 0 aliphatic heterocycles. The van der Waals surface area contributed by atoms with Gasteiger partial charge in [0.1, 0.15) is 11.5 Å². The van der Waals surface area contributed by atoms with Crippen LogP contribution in [0.2, 0.25) is 0 Å². The van der Waals surface area contributed by atoms with Crippen molar-refractivity contribution in [2.75, 3.05) is 34.0 Å². The Morgan fingerprint density at radius 2 is 1.66 bits per heavy atom. The fraction of sp³-hybridized carbons (Fsp3) is 0.435. The van der Waals surface area contributed by atoms with Crippen molar-refractivity contribution >= 4 is 24.9 Å². The minimum atomic E-state index is -1.11. The van der Waals surface area contributed by atoms with Crippen LogP contribution >= 0.6 is 6.85 Å². The van der Waals surface area contributed by atoms with Gasteiger partial charge in [0.05, 0.1) is 20.4 Å². The fourth-order valence-electron chi connectivity index (χ4n) is 2.96. The monoisotopic (exact) mass is 476 g/mol. The number of nitrogens with zero attached hydrogens (tertiary/aromatic N) is 3. The average molecular weight is 477 g/mol. The Balaban J connectivity index is 2.01. The molecule has 9 heteroatoms. The second-order valence-electron chi connectivity index (χ2n) is 7.56. The molecule has 0 fully saturated rings. The number of benzene rings is 2. The van der Waals surface area contributed by atoms with Crippen LogP contribution in [0.4, 0.5) is 0 Å². The minimum absolute atomic E-state index is 0.462. The van der Waals surface area contributed by atoms with Crippen molar-refractivity contribution in [1.29, 1.82) is 0 Å². The van der Waals surface area contributed by atoms with Crippen LogP contribution in [0.25, 0.3) is 0 Å². The van der Waals surface area contributed by atoms with Crippen molar-refractivity contribution in [2.24, 2.45) is 16.6 Å². The van der Waals surface area contributed by atoms with E-state index in [1.54, 1.807) is 13.3 Å². The van der Waals surface area contributed by atoms with E-state index < -0.39 is 12.2 Å². The zero-order valence-corrected chi connectivity index (χ0v) is 21.1. The van der Waals surface area contributed by atoms with Gasteiger partial charge in [-0.2, -0.15) is 0 Å². The molecule has 1 unspecified atom stereocenters. The lowest BCUT2D eigenvalue weighted by Crippen LogP contribution is -2.36. The normalized spacial score (nSPS) is 13.8. The van der Waals surface area contributed by atoms with E-state index in [2.05, 4.69) is 31.1 Å². The molecule has 0 aliphatic carbocycles. The summed E-state index contributed by atoms with van der Waals surface area (Å²) in [6.45, 7) is 4.79. The Morgan fingerprint density at radius 1 is 1.06 bits per heavy atom. The third kappa shape index (κ3) is 7.50. The molecule has 2 aromatic rings. The lowest BCUT2D eigenvalue weighted by Gasteiger charge is -2.23. The van der Waals surface area contributed by atoms with E-state index in [1.165, 1.54) is 5.56 Å². The minimum Gasteiger partial charge on any atom is -0.497 e. The first-order chi connectivity index (χ1) is 15.3. The summed E-state index contributed by atoms with van der Waals surface area (Å²) in [7, 11) is 3.55. The third-order valence-corrected chi connectivity index (χ3v) is 9.02. The number of methoxy groups -OCH3 is 1. The summed E-state index contributed by atoms with van der Waals surface area (Å²) in [5.41, 5.74) is 13.5. The van der Waals surface area contributed by atoms with E-state index in [0.29, 0.717) is 13.3 Å². The predicted octanol–water partition coefficient (Wildman–Crippen LogP) is 3.70. The van der Waals surface area contributed by atoms with Gasteiger partial charge >= 0.3 is 6.85 Å². The maximum Gasteiger partial charge on any atom is 0.358 e. The zero-order valence-electron chi connectivity index (χ0n) is 19.4. The summed E-state index contributed by atoms with van der Waals surface area (Å²) >= 11 is 5.87. The summed E-state index contributed by atoms with van der Waals surface area (Å²) in [5, 5.41) is 4.04. The number of rotatable bonds is 13. The molecule has 0 bridgehead atoms. The van der Waals surface area contributed by atoms with Crippen LogP contribution in [0.3, 0.4) is 0 Å². The fourth-order valence-corrected chi connectivity index (χ4v) is 4.80. The first-order valence-electron chi connectivity index (χ1n) is 10.6. The van der Waals surface area contributed by atoms with Crippen LogP contribution < -0.4 is 20.9 Å². The van der Waals surface area contributed by atoms with Crippen molar-refractivity contribution in [3.8, 4) is 11.5 Å². The smallest absolute Gasteiger partial charge is 0.358 e. The lowest BCUT2D eigenvalue weighted by molar-refractivity contribution is 0.171. The van der Waals surface area contributed by atoms with Gasteiger partial charge in [0.25, 0.3) is 5.34 Å². The molecule has 174 valence electrons. The molecule has 0 saturated carbocycles. The van der Waals surface area contributed by atoms with Gasteiger partial charge in [-0.25, -0.2) is 0 Å². The van der Waals surface area contributed by atoms with E-state index in [4.69, 9.17) is 32.7 Å². The molecular weight excluding hydrogens is 441 g/mol. The first-order valence-corrected chi connectivity index (χ1v) is 13.0. The van der Waals surface area contributed by atoms with Gasteiger partial charge in [0.15, 0.2) is 11.8 Å². The number of hydrogen-bond donors (Lipinski definition) is 2. The molecule has 4 N–H and O–H groups in total. The molecule has 0 radical (unpaired) electrons. The standard InChI is InChI=1S/C23H35N5O2PS/c1-5-23(2,30-22-12-6-19(7-13-22)14-15-28(17-24)18-25)31(32)27(3)26-16-20-8-10-21(29-4)11-9-20/h6-13,16H,5,14-15,17-18,24-25H2,1-4H3/q+1/b26-16+/t23-/m0/s1. The molecule has 0 heterocycles. The van der Waals surface area contributed by atoms with Crippen LogP contribution in [0.5, 0.6) is 11.5 Å². The average Bonchev–Trinajstić information content (AvgIpc) is 2.83. The van der Waals surface area contributed by atoms with Gasteiger partial charge in [0.2, 0.25) is 0 Å². The number of nitrogens with two attached hydrogens (primary N) is 2. The van der Waals surface area contributed by atoms with E-state index in [9.17, 15) is 0 Å². The van der Waals surface area contributed by atoms with E-state index in [1.807, 2.05) is 53.1 Å². The molecule has 7 nitrogen and oxygen atoms in total. The highest BCUT2D eigenvalue weighted by Gasteiger charge is 2.44. The van der Waals surface area contributed by atoms with Gasteiger partial charge in [-0.05, 0) is 53.9 Å². The molecular formula is C23H35N5O2PS+. The van der Waals surface area contributed by atoms with Gasteiger partial charge < -0.3 is 20.9 Å². The number of ether oxygens (including phenoxy) is 2. The number of hydrazone groups is 1. The largest absolute Gasteiger partial charge is 0.497 e. The quantitative estimate of drug-likeness (QED) is 0.197. The third-order valence-electron chi connectivity index (χ3n) is 5.31. The zero-order chi connectivity index (χ0) is 23.6. The van der Waals surface area contributed by atoms with E-state index in [-0.39, 0.29) is 0 Å². The predicted molar refractivity (Wildman–Crippen MR) is 137 cm³/mol. The van der Waals surface area contributed by atoms with E-state index >= 15 is 0 Å². The summed E-state index contributed by atoms with van der Waals surface area (Å²) in [6.07, 6.45) is 3.46. The molecule has 2 aromatic carbocycles. The maximum absolute atomic E-state index is 6.38. The molecule has 0 aliphatic rings. The molecule has 0 amide bonds. The summed E-state index contributed by atoms with van der Waals surface area (Å²) in [6, 6.07) is 15.9. The molecule has 2 atom stereocenters. The molecule has 0 spiro atoms. The van der Waals surface area contributed by atoms with Crippen LogP contribution in [0, 0.1) is 0 Å². The molecule has 32 heavy (non-hydrogen) atoms. The highest BCUT2D eigenvalue weighted by Crippen LogP contribution is 2.45. The molecule has 2 rings (SSSR count). The Labute approximate surface area is 197 Å². The SMILES string of the molecule is CC[C@@](C)(Oc1ccc(CCN(CN)CN)cc1)[P+](=S)N(C)/N=C/c1ccc(OC)cc1. The van der Waals surface area contributed by atoms with Crippen LogP contribution in [0.1, 0.15) is 31.4 Å². The lowest BCUT2D eigenvalue weighted by atomic mass is 10.1. The Bertz CT molecular complexity index is 875. The van der Waals surface area contributed by atoms with Crippen molar-refractivity contribution in [3.63, 3.8) is 0 Å². The maximum atomic E-state index is 6.38.